The van der Waals surface area contributed by atoms with Crippen molar-refractivity contribution in [2.75, 3.05) is 29.1 Å². The van der Waals surface area contributed by atoms with Crippen LogP contribution < -0.4 is 15.5 Å². The number of carbonyl (C=O) groups is 4. The first-order chi connectivity index (χ1) is 19.9. The minimum atomic E-state index is -0.472. The Kier molecular flexibility index (Phi) is 8.20. The van der Waals surface area contributed by atoms with Crippen molar-refractivity contribution >= 4 is 40.7 Å². The first-order valence-corrected chi connectivity index (χ1v) is 13.3. The van der Waals surface area contributed by atoms with Crippen molar-refractivity contribution in [3.63, 3.8) is 0 Å². The highest BCUT2D eigenvalue weighted by Crippen LogP contribution is 2.26. The third-order valence-corrected chi connectivity index (χ3v) is 6.99. The van der Waals surface area contributed by atoms with Crippen LogP contribution in [0.4, 0.5) is 17.1 Å². The molecule has 0 spiro atoms. The summed E-state index contributed by atoms with van der Waals surface area (Å²) in [5.74, 6) is -1.40. The fourth-order valence-corrected chi connectivity index (χ4v) is 4.80. The van der Waals surface area contributed by atoms with Crippen molar-refractivity contribution in [3.05, 3.63) is 126 Å². The Balaban J connectivity index is 1.20. The molecule has 1 unspecified atom stereocenters. The first kappa shape index (κ1) is 27.3. The standard InChI is InChI=1S/C33H30N4O4/c1-36(21-23-10-4-2-5-11-23)33(41)28-14-8-9-15-29(28)35-31(39)24-16-18-26(19-17-24)34-32(40)25-20-30(38)37(22-25)27-12-6-3-7-13-27/h2-19,25H,20-22H2,1H3,(H,34,40)(H,35,39). The Labute approximate surface area is 238 Å². The van der Waals surface area contributed by atoms with Crippen molar-refractivity contribution in [3.8, 4) is 0 Å². The number of rotatable bonds is 8. The zero-order chi connectivity index (χ0) is 28.8. The van der Waals surface area contributed by atoms with E-state index >= 15 is 0 Å². The second kappa shape index (κ2) is 12.3. The molecule has 41 heavy (non-hydrogen) atoms. The minimum Gasteiger partial charge on any atom is -0.337 e. The van der Waals surface area contributed by atoms with Gasteiger partial charge in [-0.25, -0.2) is 0 Å². The quantitative estimate of drug-likeness (QED) is 0.317. The number of carbonyl (C=O) groups excluding carboxylic acids is 4. The molecule has 4 aromatic rings. The van der Waals surface area contributed by atoms with Crippen molar-refractivity contribution in [1.29, 1.82) is 0 Å². The zero-order valence-corrected chi connectivity index (χ0v) is 22.6. The molecule has 1 atom stereocenters. The predicted molar refractivity (Wildman–Crippen MR) is 159 cm³/mol. The molecule has 4 aromatic carbocycles. The average molecular weight is 547 g/mol. The fourth-order valence-electron chi connectivity index (χ4n) is 4.80. The van der Waals surface area contributed by atoms with Crippen molar-refractivity contribution in [2.45, 2.75) is 13.0 Å². The summed E-state index contributed by atoms with van der Waals surface area (Å²) in [6, 6.07) is 32.4. The van der Waals surface area contributed by atoms with Gasteiger partial charge in [0.1, 0.15) is 0 Å². The molecule has 0 bridgehead atoms. The van der Waals surface area contributed by atoms with Gasteiger partial charge in [0.25, 0.3) is 11.8 Å². The molecule has 1 saturated heterocycles. The lowest BCUT2D eigenvalue weighted by Gasteiger charge is -2.19. The Hall–Kier alpha value is -5.24. The molecule has 0 aliphatic carbocycles. The van der Waals surface area contributed by atoms with Crippen LogP contribution in [0.25, 0.3) is 0 Å². The molecule has 4 amide bonds. The molecular formula is C33H30N4O4. The Morgan fingerprint density at radius 2 is 1.44 bits per heavy atom. The Morgan fingerprint density at radius 1 is 0.805 bits per heavy atom. The van der Waals surface area contributed by atoms with Crippen LogP contribution in [0.15, 0.2) is 109 Å². The van der Waals surface area contributed by atoms with E-state index in [1.807, 2.05) is 60.7 Å². The van der Waals surface area contributed by atoms with E-state index in [4.69, 9.17) is 0 Å². The summed E-state index contributed by atoms with van der Waals surface area (Å²) >= 11 is 0. The normalized spacial score (nSPS) is 14.4. The minimum absolute atomic E-state index is 0.0895. The number of para-hydroxylation sites is 2. The second-order valence-electron chi connectivity index (χ2n) is 9.95. The SMILES string of the molecule is CN(Cc1ccccc1)C(=O)c1ccccc1NC(=O)c1ccc(NC(=O)C2CC(=O)N(c3ccccc3)C2)cc1. The molecule has 0 saturated carbocycles. The van der Waals surface area contributed by atoms with E-state index in [2.05, 4.69) is 10.6 Å². The third-order valence-electron chi connectivity index (χ3n) is 6.99. The topological polar surface area (TPSA) is 98.8 Å². The van der Waals surface area contributed by atoms with Gasteiger partial charge in [-0.15, -0.1) is 0 Å². The number of hydrogen-bond donors (Lipinski definition) is 2. The van der Waals surface area contributed by atoms with Crippen LogP contribution in [-0.2, 0) is 16.1 Å². The van der Waals surface area contributed by atoms with Gasteiger partial charge in [-0.2, -0.15) is 0 Å². The van der Waals surface area contributed by atoms with Gasteiger partial charge >= 0.3 is 0 Å². The maximum absolute atomic E-state index is 13.2. The van der Waals surface area contributed by atoms with E-state index in [0.29, 0.717) is 35.6 Å². The summed E-state index contributed by atoms with van der Waals surface area (Å²) in [7, 11) is 1.72. The van der Waals surface area contributed by atoms with Gasteiger partial charge in [0.15, 0.2) is 0 Å². The molecule has 8 nitrogen and oxygen atoms in total. The van der Waals surface area contributed by atoms with Crippen LogP contribution in [-0.4, -0.2) is 42.1 Å². The smallest absolute Gasteiger partial charge is 0.256 e. The summed E-state index contributed by atoms with van der Waals surface area (Å²) in [5, 5.41) is 5.69. The van der Waals surface area contributed by atoms with E-state index in [0.717, 1.165) is 11.3 Å². The second-order valence-corrected chi connectivity index (χ2v) is 9.95. The Bertz CT molecular complexity index is 1560. The van der Waals surface area contributed by atoms with E-state index in [-0.39, 0.29) is 30.0 Å². The van der Waals surface area contributed by atoms with E-state index in [1.165, 1.54) is 0 Å². The molecule has 0 aromatic heterocycles. The molecule has 2 N–H and O–H groups in total. The number of benzene rings is 4. The highest BCUT2D eigenvalue weighted by atomic mass is 16.2. The molecule has 5 rings (SSSR count). The summed E-state index contributed by atoms with van der Waals surface area (Å²) in [6.07, 6.45) is 0.139. The predicted octanol–water partition coefficient (Wildman–Crippen LogP) is 5.20. The van der Waals surface area contributed by atoms with Gasteiger partial charge in [0, 0.05) is 43.5 Å². The lowest BCUT2D eigenvalue weighted by atomic mass is 10.1. The van der Waals surface area contributed by atoms with E-state index in [9.17, 15) is 19.2 Å². The molecule has 8 heteroatoms. The molecule has 1 fully saturated rings. The fraction of sp³-hybridized carbons (Fsp3) is 0.152. The molecule has 1 aliphatic rings. The monoisotopic (exact) mass is 546 g/mol. The summed E-state index contributed by atoms with van der Waals surface area (Å²) in [4.78, 5) is 54.8. The van der Waals surface area contributed by atoms with Gasteiger partial charge < -0.3 is 20.4 Å². The van der Waals surface area contributed by atoms with Crippen LogP contribution in [0, 0.1) is 5.92 Å². The van der Waals surface area contributed by atoms with Gasteiger partial charge in [0.05, 0.1) is 17.2 Å². The maximum Gasteiger partial charge on any atom is 0.256 e. The lowest BCUT2D eigenvalue weighted by Crippen LogP contribution is -2.28. The van der Waals surface area contributed by atoms with Gasteiger partial charge in [-0.05, 0) is 54.1 Å². The molecular weight excluding hydrogens is 516 g/mol. The zero-order valence-electron chi connectivity index (χ0n) is 22.6. The maximum atomic E-state index is 13.2. The summed E-state index contributed by atoms with van der Waals surface area (Å²) in [6.45, 7) is 0.752. The average Bonchev–Trinajstić information content (AvgIpc) is 3.40. The van der Waals surface area contributed by atoms with Crippen LogP contribution in [0.2, 0.25) is 0 Å². The molecule has 1 heterocycles. The molecule has 0 radical (unpaired) electrons. The van der Waals surface area contributed by atoms with Crippen LogP contribution >= 0.6 is 0 Å². The number of nitrogens with one attached hydrogen (secondary N) is 2. The largest absolute Gasteiger partial charge is 0.337 e. The highest BCUT2D eigenvalue weighted by molar-refractivity contribution is 6.09. The first-order valence-electron chi connectivity index (χ1n) is 13.3. The number of amides is 4. The van der Waals surface area contributed by atoms with Gasteiger partial charge in [-0.1, -0.05) is 60.7 Å². The summed E-state index contributed by atoms with van der Waals surface area (Å²) < 4.78 is 0. The van der Waals surface area contributed by atoms with Gasteiger partial charge in [0.2, 0.25) is 11.8 Å². The number of nitrogens with zero attached hydrogens (tertiary/aromatic N) is 2. The van der Waals surface area contributed by atoms with Crippen LogP contribution in [0.1, 0.15) is 32.7 Å². The van der Waals surface area contributed by atoms with Crippen molar-refractivity contribution in [1.82, 2.24) is 4.90 Å². The van der Waals surface area contributed by atoms with Crippen molar-refractivity contribution < 1.29 is 19.2 Å². The molecule has 206 valence electrons. The lowest BCUT2D eigenvalue weighted by molar-refractivity contribution is -0.122. The summed E-state index contributed by atoms with van der Waals surface area (Å²) in [5.41, 5.74) is 3.47. The van der Waals surface area contributed by atoms with E-state index < -0.39 is 5.92 Å². The number of anilines is 3. The highest BCUT2D eigenvalue weighted by Gasteiger charge is 2.35. The third kappa shape index (κ3) is 6.50. The van der Waals surface area contributed by atoms with Crippen LogP contribution in [0.3, 0.4) is 0 Å². The van der Waals surface area contributed by atoms with Crippen LogP contribution in [0.5, 0.6) is 0 Å². The van der Waals surface area contributed by atoms with E-state index in [1.54, 1.807) is 65.4 Å². The molecule has 1 aliphatic heterocycles. The number of hydrogen-bond acceptors (Lipinski definition) is 4. The van der Waals surface area contributed by atoms with Crippen molar-refractivity contribution in [2.24, 2.45) is 5.92 Å². The Morgan fingerprint density at radius 3 is 2.15 bits per heavy atom. The van der Waals surface area contributed by atoms with Gasteiger partial charge in [-0.3, -0.25) is 19.2 Å².